The fourth-order valence-corrected chi connectivity index (χ4v) is 4.80. The summed E-state index contributed by atoms with van der Waals surface area (Å²) in [5.41, 5.74) is 3.14. The maximum Gasteiger partial charge on any atom is 0.271 e. The quantitative estimate of drug-likeness (QED) is 0.513. The van der Waals surface area contributed by atoms with E-state index in [0.717, 1.165) is 22.5 Å². The Morgan fingerprint density at radius 3 is 2.33 bits per heavy atom. The lowest BCUT2D eigenvalue weighted by Gasteiger charge is -2.13. The molecule has 0 atom stereocenters. The number of carbonyl (C=O) groups is 2. The van der Waals surface area contributed by atoms with Gasteiger partial charge in [0.1, 0.15) is 4.21 Å². The van der Waals surface area contributed by atoms with Crippen molar-refractivity contribution in [3.8, 4) is 0 Å². The van der Waals surface area contributed by atoms with Crippen LogP contribution in [0, 0.1) is 6.92 Å². The molecule has 0 spiro atoms. The Labute approximate surface area is 179 Å². The molecule has 3 rings (SSSR count). The van der Waals surface area contributed by atoms with Gasteiger partial charge in [-0.3, -0.25) is 14.3 Å². The molecule has 7 nitrogen and oxygen atoms in total. The van der Waals surface area contributed by atoms with Crippen LogP contribution in [0.3, 0.4) is 0 Å². The van der Waals surface area contributed by atoms with E-state index in [1.807, 2.05) is 13.0 Å². The predicted octanol–water partition coefficient (Wildman–Crippen LogP) is 4.00. The van der Waals surface area contributed by atoms with E-state index in [1.165, 1.54) is 13.0 Å². The summed E-state index contributed by atoms with van der Waals surface area (Å²) in [4.78, 5) is 23.8. The fourth-order valence-electron chi connectivity index (χ4n) is 2.75. The Kier molecular flexibility index (Phi) is 6.53. The topological polar surface area (TPSA) is 104 Å². The normalized spacial score (nSPS) is 11.0. The van der Waals surface area contributed by atoms with Gasteiger partial charge in [-0.15, -0.1) is 11.3 Å². The molecule has 2 amide bonds. The molecule has 3 N–H and O–H groups in total. The molecule has 0 aliphatic heterocycles. The van der Waals surface area contributed by atoms with Gasteiger partial charge in [-0.2, -0.15) is 0 Å². The van der Waals surface area contributed by atoms with E-state index in [2.05, 4.69) is 15.4 Å². The van der Waals surface area contributed by atoms with Gasteiger partial charge in [0.05, 0.1) is 17.8 Å². The lowest BCUT2D eigenvalue weighted by Crippen LogP contribution is -2.17. The third-order valence-corrected chi connectivity index (χ3v) is 6.87. The van der Waals surface area contributed by atoms with E-state index >= 15 is 0 Å². The molecule has 0 bridgehead atoms. The zero-order valence-electron chi connectivity index (χ0n) is 16.4. The molecule has 0 aliphatic rings. The van der Waals surface area contributed by atoms with Crippen LogP contribution in [0.2, 0.25) is 0 Å². The first-order valence-corrected chi connectivity index (χ1v) is 11.4. The van der Waals surface area contributed by atoms with Crippen LogP contribution in [0.1, 0.15) is 18.1 Å². The van der Waals surface area contributed by atoms with Gasteiger partial charge >= 0.3 is 0 Å². The number of carbonyl (C=O) groups excluding carboxylic acids is 2. The first-order chi connectivity index (χ1) is 14.2. The van der Waals surface area contributed by atoms with Gasteiger partial charge in [-0.25, -0.2) is 8.42 Å². The number of hydrogen-bond donors (Lipinski definition) is 3. The van der Waals surface area contributed by atoms with Gasteiger partial charge < -0.3 is 10.6 Å². The number of anilines is 3. The zero-order valence-corrected chi connectivity index (χ0v) is 18.1. The molecule has 0 aliphatic carbocycles. The number of thiophene rings is 1. The molecule has 1 aromatic heterocycles. The number of amides is 2. The summed E-state index contributed by atoms with van der Waals surface area (Å²) in [5.74, 6) is -0.478. The summed E-state index contributed by atoms with van der Waals surface area (Å²) >= 11 is 1.14. The lowest BCUT2D eigenvalue weighted by atomic mass is 10.1. The summed E-state index contributed by atoms with van der Waals surface area (Å²) in [6, 6.07) is 15.2. The van der Waals surface area contributed by atoms with E-state index in [1.54, 1.807) is 47.8 Å². The molecule has 9 heteroatoms. The number of nitrogens with one attached hydrogen (secondary N) is 3. The Hall–Kier alpha value is -3.17. The summed E-state index contributed by atoms with van der Waals surface area (Å²) in [7, 11) is -3.61. The van der Waals surface area contributed by atoms with Gasteiger partial charge in [0.2, 0.25) is 11.8 Å². The van der Waals surface area contributed by atoms with Crippen LogP contribution in [0.25, 0.3) is 0 Å². The van der Waals surface area contributed by atoms with Crippen molar-refractivity contribution in [1.82, 2.24) is 0 Å². The molecule has 2 aromatic carbocycles. The Balaban J connectivity index is 1.65. The zero-order chi connectivity index (χ0) is 21.7. The molecule has 3 aromatic rings. The van der Waals surface area contributed by atoms with E-state index in [4.69, 9.17) is 0 Å². The summed E-state index contributed by atoms with van der Waals surface area (Å²) < 4.78 is 27.3. The van der Waals surface area contributed by atoms with Crippen LogP contribution in [0.15, 0.2) is 64.2 Å². The van der Waals surface area contributed by atoms with Crippen molar-refractivity contribution in [2.24, 2.45) is 0 Å². The van der Waals surface area contributed by atoms with Crippen molar-refractivity contribution < 1.29 is 18.0 Å². The standard InChI is InChI=1S/C21H21N3O4S2/c1-14-5-10-18(22-15(2)25)19(12-14)23-20(26)13-16-6-8-17(9-7-16)24-30(27,28)21-4-3-11-29-21/h3-12,24H,13H2,1-2H3,(H,22,25)(H,23,26). The molecular formula is C21H21N3O4S2. The summed E-state index contributed by atoms with van der Waals surface area (Å²) in [5, 5.41) is 7.20. The predicted molar refractivity (Wildman–Crippen MR) is 119 cm³/mol. The molecule has 0 fully saturated rings. The largest absolute Gasteiger partial charge is 0.325 e. The highest BCUT2D eigenvalue weighted by molar-refractivity contribution is 7.94. The molecule has 30 heavy (non-hydrogen) atoms. The molecule has 0 saturated heterocycles. The van der Waals surface area contributed by atoms with Gasteiger partial charge in [-0.1, -0.05) is 24.3 Å². The minimum absolute atomic E-state index is 0.103. The van der Waals surface area contributed by atoms with Crippen LogP contribution < -0.4 is 15.4 Å². The smallest absolute Gasteiger partial charge is 0.271 e. The van der Waals surface area contributed by atoms with Crippen molar-refractivity contribution in [2.45, 2.75) is 24.5 Å². The van der Waals surface area contributed by atoms with Crippen molar-refractivity contribution in [1.29, 1.82) is 0 Å². The van der Waals surface area contributed by atoms with Gasteiger partial charge in [0.25, 0.3) is 10.0 Å². The Bertz CT molecular complexity index is 1160. The summed E-state index contributed by atoms with van der Waals surface area (Å²) in [6.07, 6.45) is 0.103. The number of hydrogen-bond acceptors (Lipinski definition) is 5. The third-order valence-electron chi connectivity index (χ3n) is 4.09. The maximum absolute atomic E-state index is 12.5. The first kappa shape index (κ1) is 21.5. The molecule has 0 unspecified atom stereocenters. The maximum atomic E-state index is 12.5. The van der Waals surface area contributed by atoms with Crippen LogP contribution in [-0.2, 0) is 26.0 Å². The highest BCUT2D eigenvalue weighted by Gasteiger charge is 2.15. The van der Waals surface area contributed by atoms with Crippen LogP contribution in [0.5, 0.6) is 0 Å². The van der Waals surface area contributed by atoms with Crippen LogP contribution in [-0.4, -0.2) is 20.2 Å². The van der Waals surface area contributed by atoms with E-state index in [0.29, 0.717) is 17.1 Å². The number of benzene rings is 2. The molecule has 1 heterocycles. The third kappa shape index (κ3) is 5.68. The minimum atomic E-state index is -3.61. The molecule has 0 saturated carbocycles. The highest BCUT2D eigenvalue weighted by atomic mass is 32.2. The van der Waals surface area contributed by atoms with E-state index in [-0.39, 0.29) is 22.4 Å². The lowest BCUT2D eigenvalue weighted by molar-refractivity contribution is -0.116. The molecule has 156 valence electrons. The number of sulfonamides is 1. The van der Waals surface area contributed by atoms with Crippen molar-refractivity contribution in [3.05, 3.63) is 71.1 Å². The van der Waals surface area contributed by atoms with Gasteiger partial charge in [-0.05, 0) is 53.8 Å². The molecule has 0 radical (unpaired) electrons. The Morgan fingerprint density at radius 2 is 1.70 bits per heavy atom. The second-order valence-electron chi connectivity index (χ2n) is 6.69. The summed E-state index contributed by atoms with van der Waals surface area (Å²) in [6.45, 7) is 3.29. The SMILES string of the molecule is CC(=O)Nc1ccc(C)cc1NC(=O)Cc1ccc(NS(=O)(=O)c2cccs2)cc1. The van der Waals surface area contributed by atoms with Crippen molar-refractivity contribution in [3.63, 3.8) is 0 Å². The highest BCUT2D eigenvalue weighted by Crippen LogP contribution is 2.24. The van der Waals surface area contributed by atoms with Crippen LogP contribution in [0.4, 0.5) is 17.1 Å². The first-order valence-electron chi connectivity index (χ1n) is 9.06. The van der Waals surface area contributed by atoms with Crippen LogP contribution >= 0.6 is 11.3 Å². The van der Waals surface area contributed by atoms with E-state index < -0.39 is 10.0 Å². The van der Waals surface area contributed by atoms with Gasteiger partial charge in [0.15, 0.2) is 0 Å². The average molecular weight is 444 g/mol. The fraction of sp³-hybridized carbons (Fsp3) is 0.143. The molecular weight excluding hydrogens is 422 g/mol. The number of rotatable bonds is 7. The average Bonchev–Trinajstić information content (AvgIpc) is 3.21. The second-order valence-corrected chi connectivity index (χ2v) is 9.55. The minimum Gasteiger partial charge on any atom is -0.325 e. The second kappa shape index (κ2) is 9.10. The Morgan fingerprint density at radius 1 is 0.967 bits per heavy atom. The van der Waals surface area contributed by atoms with Gasteiger partial charge in [0, 0.05) is 12.6 Å². The number of aryl methyl sites for hydroxylation is 1. The van der Waals surface area contributed by atoms with Crippen molar-refractivity contribution >= 4 is 50.2 Å². The van der Waals surface area contributed by atoms with E-state index in [9.17, 15) is 18.0 Å². The monoisotopic (exact) mass is 443 g/mol. The van der Waals surface area contributed by atoms with Crippen molar-refractivity contribution in [2.75, 3.05) is 15.4 Å².